The SMILES string of the molecule is Cc1cc(OCCCS(C)(=O)=O)cc(C)c1-c1ccc(F)c(COc2cc3c(cn2)[C@H]2[C@@H](C3)[C@@H]2C(=O)O)c1. The van der Waals surface area contributed by atoms with E-state index in [2.05, 4.69) is 4.98 Å². The Hall–Kier alpha value is -3.46. The molecular formula is C29H30FNO6S. The van der Waals surface area contributed by atoms with E-state index in [0.29, 0.717) is 36.6 Å². The molecule has 0 spiro atoms. The minimum absolute atomic E-state index is 0.00962. The van der Waals surface area contributed by atoms with Crippen LogP contribution in [0.4, 0.5) is 4.39 Å². The Bertz CT molecular complexity index is 1500. The van der Waals surface area contributed by atoms with Crippen molar-refractivity contribution in [2.45, 2.75) is 39.2 Å². The third-order valence-corrected chi connectivity index (χ3v) is 8.44. The third kappa shape index (κ3) is 5.38. The quantitative estimate of drug-likeness (QED) is 0.367. The van der Waals surface area contributed by atoms with Gasteiger partial charge in [0, 0.05) is 30.0 Å². The maximum absolute atomic E-state index is 14.7. The molecule has 0 aliphatic heterocycles. The average molecular weight is 540 g/mol. The summed E-state index contributed by atoms with van der Waals surface area (Å²) in [5.41, 5.74) is 6.18. The highest BCUT2D eigenvalue weighted by molar-refractivity contribution is 7.90. The lowest BCUT2D eigenvalue weighted by molar-refractivity contribution is -0.139. The number of aliphatic carboxylic acids is 1. The summed E-state index contributed by atoms with van der Waals surface area (Å²) in [6, 6.07) is 10.6. The van der Waals surface area contributed by atoms with Crippen molar-refractivity contribution < 1.29 is 32.2 Å². The number of hydrogen-bond acceptors (Lipinski definition) is 6. The number of aryl methyl sites for hydroxylation is 2. The third-order valence-electron chi connectivity index (χ3n) is 7.41. The number of pyridine rings is 1. The monoisotopic (exact) mass is 539 g/mol. The maximum atomic E-state index is 14.7. The molecule has 7 nitrogen and oxygen atoms in total. The molecule has 1 heterocycles. The highest BCUT2D eigenvalue weighted by Gasteiger charge is 2.59. The molecule has 1 N–H and O–H groups in total. The molecular weight excluding hydrogens is 509 g/mol. The van der Waals surface area contributed by atoms with Crippen molar-refractivity contribution in [1.29, 1.82) is 0 Å². The molecule has 0 saturated heterocycles. The molecule has 3 aromatic rings. The molecule has 9 heteroatoms. The predicted octanol–water partition coefficient (Wildman–Crippen LogP) is 4.87. The minimum atomic E-state index is -3.02. The number of sulfone groups is 1. The van der Waals surface area contributed by atoms with Crippen LogP contribution in [0.25, 0.3) is 11.1 Å². The zero-order valence-corrected chi connectivity index (χ0v) is 22.3. The molecule has 2 aromatic carbocycles. The van der Waals surface area contributed by atoms with Crippen molar-refractivity contribution in [1.82, 2.24) is 4.98 Å². The lowest BCUT2D eigenvalue weighted by Gasteiger charge is -2.15. The zero-order valence-electron chi connectivity index (χ0n) is 21.5. The molecule has 2 aliphatic carbocycles. The summed E-state index contributed by atoms with van der Waals surface area (Å²) in [6.07, 6.45) is 4.03. The van der Waals surface area contributed by atoms with E-state index in [1.54, 1.807) is 18.3 Å². The molecule has 1 saturated carbocycles. The van der Waals surface area contributed by atoms with Gasteiger partial charge in [0.05, 0.1) is 18.3 Å². The number of rotatable bonds is 10. The summed E-state index contributed by atoms with van der Waals surface area (Å²) >= 11 is 0. The number of aromatic nitrogens is 1. The van der Waals surface area contributed by atoms with Gasteiger partial charge in [-0.15, -0.1) is 0 Å². The Balaban J connectivity index is 1.27. The largest absolute Gasteiger partial charge is 0.494 e. The second kappa shape index (κ2) is 10.0. The number of fused-ring (bicyclic) bond motifs is 3. The summed E-state index contributed by atoms with van der Waals surface area (Å²) in [5, 5.41) is 9.29. The van der Waals surface area contributed by atoms with Gasteiger partial charge in [-0.25, -0.2) is 17.8 Å². The highest BCUT2D eigenvalue weighted by Crippen LogP contribution is 2.61. The van der Waals surface area contributed by atoms with E-state index in [1.165, 1.54) is 12.3 Å². The number of carboxylic acid groups (broad SMARTS) is 1. The molecule has 3 atom stereocenters. The first-order valence-corrected chi connectivity index (χ1v) is 14.6. The Morgan fingerprint density at radius 2 is 1.87 bits per heavy atom. The van der Waals surface area contributed by atoms with Crippen LogP contribution in [0, 0.1) is 31.5 Å². The first-order valence-electron chi connectivity index (χ1n) is 12.6. The molecule has 1 aromatic heterocycles. The van der Waals surface area contributed by atoms with Gasteiger partial charge in [0.2, 0.25) is 5.88 Å². The van der Waals surface area contributed by atoms with Crippen LogP contribution in [0.1, 0.15) is 40.2 Å². The van der Waals surface area contributed by atoms with E-state index in [9.17, 15) is 22.7 Å². The highest BCUT2D eigenvalue weighted by atomic mass is 32.2. The molecule has 0 amide bonds. The fourth-order valence-corrected chi connectivity index (χ4v) is 6.29. The lowest BCUT2D eigenvalue weighted by Crippen LogP contribution is -2.08. The minimum Gasteiger partial charge on any atom is -0.494 e. The van der Waals surface area contributed by atoms with Crippen LogP contribution >= 0.6 is 0 Å². The van der Waals surface area contributed by atoms with Crippen LogP contribution in [0.15, 0.2) is 42.6 Å². The van der Waals surface area contributed by atoms with Crippen LogP contribution in [0.2, 0.25) is 0 Å². The van der Waals surface area contributed by atoms with Crippen LogP contribution in [0.3, 0.4) is 0 Å². The van der Waals surface area contributed by atoms with Gasteiger partial charge in [-0.2, -0.15) is 0 Å². The Labute approximate surface area is 221 Å². The molecule has 1 fully saturated rings. The summed E-state index contributed by atoms with van der Waals surface area (Å²) in [4.78, 5) is 15.7. The van der Waals surface area contributed by atoms with Crippen molar-refractivity contribution >= 4 is 15.8 Å². The standard InChI is InChI=1S/C29H30FNO6S/c1-16-9-21(36-7-4-8-38(3,34)35)10-17(2)26(16)18-5-6-24(30)20(11-18)15-37-25-13-19-12-22-27(23(19)14-31-25)28(22)29(32)33/h5-6,9-11,13-14,22,27-28H,4,7-8,12,15H2,1-3H3,(H,32,33)/t22-,27-,28+/m1/s1. The van der Waals surface area contributed by atoms with Crippen LogP contribution in [0.5, 0.6) is 11.6 Å². The molecule has 38 heavy (non-hydrogen) atoms. The smallest absolute Gasteiger partial charge is 0.307 e. The Morgan fingerprint density at radius 3 is 2.55 bits per heavy atom. The van der Waals surface area contributed by atoms with Crippen molar-refractivity contribution in [3.8, 4) is 22.8 Å². The van der Waals surface area contributed by atoms with E-state index < -0.39 is 15.8 Å². The lowest BCUT2D eigenvalue weighted by atomic mass is 9.94. The number of carbonyl (C=O) groups is 1. The fraction of sp³-hybridized carbons (Fsp3) is 0.379. The van der Waals surface area contributed by atoms with Gasteiger partial charge < -0.3 is 14.6 Å². The number of ether oxygens (including phenoxy) is 2. The van der Waals surface area contributed by atoms with Crippen molar-refractivity contribution in [2.24, 2.45) is 11.8 Å². The number of carboxylic acids is 1. The number of nitrogens with zero attached hydrogens (tertiary/aromatic N) is 1. The predicted molar refractivity (Wildman–Crippen MR) is 141 cm³/mol. The fourth-order valence-electron chi connectivity index (χ4n) is 5.65. The number of hydrogen-bond donors (Lipinski definition) is 1. The molecule has 2 aliphatic rings. The summed E-state index contributed by atoms with van der Waals surface area (Å²) < 4.78 is 48.9. The van der Waals surface area contributed by atoms with E-state index in [-0.39, 0.29) is 35.9 Å². The van der Waals surface area contributed by atoms with E-state index in [0.717, 1.165) is 33.4 Å². The molecule has 0 unspecified atom stereocenters. The zero-order chi connectivity index (χ0) is 27.2. The van der Waals surface area contributed by atoms with Crippen LogP contribution in [-0.2, 0) is 27.7 Å². The first kappa shape index (κ1) is 26.2. The normalized spacial score (nSPS) is 19.5. The second-order valence-corrected chi connectivity index (χ2v) is 12.6. The van der Waals surface area contributed by atoms with Crippen molar-refractivity contribution in [2.75, 3.05) is 18.6 Å². The van der Waals surface area contributed by atoms with Gasteiger partial charge in [-0.05, 0) is 90.3 Å². The topological polar surface area (TPSA) is 103 Å². The van der Waals surface area contributed by atoms with Crippen molar-refractivity contribution in [3.63, 3.8) is 0 Å². The van der Waals surface area contributed by atoms with Crippen LogP contribution in [-0.4, -0.2) is 43.1 Å². The summed E-state index contributed by atoms with van der Waals surface area (Å²) in [7, 11) is -3.02. The van der Waals surface area contributed by atoms with Gasteiger partial charge in [0.25, 0.3) is 0 Å². The van der Waals surface area contributed by atoms with Gasteiger partial charge in [0.1, 0.15) is 28.0 Å². The van der Waals surface area contributed by atoms with E-state index in [4.69, 9.17) is 9.47 Å². The maximum Gasteiger partial charge on any atom is 0.307 e. The average Bonchev–Trinajstić information content (AvgIpc) is 3.43. The number of benzene rings is 2. The Kier molecular flexibility index (Phi) is 6.90. The number of halogens is 1. The van der Waals surface area contributed by atoms with Gasteiger partial charge >= 0.3 is 5.97 Å². The first-order chi connectivity index (χ1) is 18.0. The van der Waals surface area contributed by atoms with Gasteiger partial charge in [-0.3, -0.25) is 4.79 Å². The van der Waals surface area contributed by atoms with E-state index in [1.807, 2.05) is 32.0 Å². The van der Waals surface area contributed by atoms with Gasteiger partial charge in [-0.1, -0.05) is 6.07 Å². The summed E-state index contributed by atoms with van der Waals surface area (Å²) in [6.45, 7) is 4.23. The van der Waals surface area contributed by atoms with Gasteiger partial charge in [0.15, 0.2) is 0 Å². The van der Waals surface area contributed by atoms with Crippen LogP contribution < -0.4 is 9.47 Å². The van der Waals surface area contributed by atoms with Crippen molar-refractivity contribution in [3.05, 3.63) is 76.2 Å². The molecule has 200 valence electrons. The summed E-state index contributed by atoms with van der Waals surface area (Å²) in [5.74, 6) is -0.0975. The second-order valence-electron chi connectivity index (χ2n) is 10.3. The molecule has 0 bridgehead atoms. The van der Waals surface area contributed by atoms with E-state index >= 15 is 0 Å². The molecule has 0 radical (unpaired) electrons. The Morgan fingerprint density at radius 1 is 1.13 bits per heavy atom. The molecule has 5 rings (SSSR count).